The molecule has 2 aliphatic heterocycles. The molecule has 0 saturated carbocycles. The molecule has 1 atom stereocenters. The number of carbonyl (C=O) groups excluding carboxylic acids is 2. The third-order valence-electron chi connectivity index (χ3n) is 5.03. The topological polar surface area (TPSA) is 59.0 Å². The summed E-state index contributed by atoms with van der Waals surface area (Å²) in [6.07, 6.45) is 0. The van der Waals surface area contributed by atoms with E-state index in [1.807, 2.05) is 55.5 Å². The predicted molar refractivity (Wildman–Crippen MR) is 120 cm³/mol. The minimum atomic E-state index is -1.29. The number of ether oxygens (including phenoxy) is 1. The minimum Gasteiger partial charge on any atom is -0.463 e. The Morgan fingerprint density at radius 1 is 1.21 bits per heavy atom. The van der Waals surface area contributed by atoms with Gasteiger partial charge in [-0.3, -0.25) is 4.79 Å². The smallest absolute Gasteiger partial charge is 0.336 e. The van der Waals surface area contributed by atoms with Crippen molar-refractivity contribution in [2.45, 2.75) is 19.3 Å². The van der Waals surface area contributed by atoms with Gasteiger partial charge in [-0.15, -0.1) is 0 Å². The van der Waals surface area contributed by atoms with Gasteiger partial charge in [0, 0.05) is 22.3 Å². The van der Waals surface area contributed by atoms with Gasteiger partial charge < -0.3 is 9.64 Å². The molecular weight excluding hydrogens is 452 g/mol. The maximum atomic E-state index is 13.8. The third-order valence-corrected chi connectivity index (χ3v) is 6.50. The lowest BCUT2D eigenvalue weighted by atomic mass is 9.76. The number of amides is 1. The molecule has 0 saturated heterocycles. The van der Waals surface area contributed by atoms with E-state index in [0.717, 1.165) is 21.4 Å². The number of hydrogen-bond acceptors (Lipinski definition) is 5. The van der Waals surface area contributed by atoms with E-state index >= 15 is 0 Å². The molecule has 1 amide bonds. The molecule has 2 aliphatic rings. The Morgan fingerprint density at radius 2 is 1.97 bits per heavy atom. The molecule has 1 unspecified atom stereocenters. The molecule has 2 aromatic rings. The normalized spacial score (nSPS) is 21.6. The quantitative estimate of drug-likeness (QED) is 0.591. The van der Waals surface area contributed by atoms with Gasteiger partial charge in [0.25, 0.3) is 0 Å². The maximum Gasteiger partial charge on any atom is 0.336 e. The minimum absolute atomic E-state index is 0.174. The average Bonchev–Trinajstić information content (AvgIpc) is 3.20. The Bertz CT molecular complexity index is 1050. The molecule has 0 radical (unpaired) electrons. The first-order valence-electron chi connectivity index (χ1n) is 9.34. The summed E-state index contributed by atoms with van der Waals surface area (Å²) in [5, 5.41) is 2.27. The molecule has 29 heavy (non-hydrogen) atoms. The Labute approximate surface area is 182 Å². The van der Waals surface area contributed by atoms with Crippen molar-refractivity contribution in [3.63, 3.8) is 0 Å². The van der Waals surface area contributed by atoms with E-state index in [0.29, 0.717) is 17.2 Å². The molecule has 148 valence electrons. The van der Waals surface area contributed by atoms with Gasteiger partial charge in [-0.2, -0.15) is 0 Å². The largest absolute Gasteiger partial charge is 0.463 e. The zero-order valence-corrected chi connectivity index (χ0v) is 18.4. The predicted octanol–water partition coefficient (Wildman–Crippen LogP) is 4.98. The van der Waals surface area contributed by atoms with Gasteiger partial charge in [0.2, 0.25) is 5.91 Å². The highest BCUT2D eigenvalue weighted by atomic mass is 79.9. The van der Waals surface area contributed by atoms with Crippen molar-refractivity contribution in [1.29, 1.82) is 0 Å². The SMILES string of the molecule is CCOC(=O)C1=CSC(=Nc2ccccc2)C12C(=O)N(CC)c1ccc(Br)cc12. The fourth-order valence-electron chi connectivity index (χ4n) is 3.80. The van der Waals surface area contributed by atoms with Gasteiger partial charge >= 0.3 is 5.97 Å². The van der Waals surface area contributed by atoms with Gasteiger partial charge in [-0.05, 0) is 49.6 Å². The molecule has 1 spiro atoms. The van der Waals surface area contributed by atoms with Crippen LogP contribution in [0.15, 0.2) is 69.0 Å². The number of anilines is 1. The first kappa shape index (κ1) is 19.9. The molecule has 0 fully saturated rings. The Hall–Kier alpha value is -2.38. The maximum absolute atomic E-state index is 13.8. The van der Waals surface area contributed by atoms with Crippen molar-refractivity contribution in [3.8, 4) is 0 Å². The number of hydrogen-bond donors (Lipinski definition) is 0. The number of para-hydroxylation sites is 1. The molecule has 2 heterocycles. The summed E-state index contributed by atoms with van der Waals surface area (Å²) in [5.41, 5.74) is 1.30. The number of esters is 1. The Kier molecular flexibility index (Phi) is 5.36. The summed E-state index contributed by atoms with van der Waals surface area (Å²) in [6, 6.07) is 15.2. The van der Waals surface area contributed by atoms with Crippen molar-refractivity contribution in [3.05, 3.63) is 69.5 Å². The van der Waals surface area contributed by atoms with E-state index in [9.17, 15) is 9.59 Å². The molecule has 0 N–H and O–H groups in total. The van der Waals surface area contributed by atoms with E-state index in [-0.39, 0.29) is 12.5 Å². The van der Waals surface area contributed by atoms with Gasteiger partial charge in [0.15, 0.2) is 5.41 Å². The standard InChI is InChI=1S/C22H19BrN2O3S/c1-3-25-18-11-10-14(23)12-16(18)22(21(25)27)17(19(26)28-4-2)13-29-20(22)24-15-8-6-5-7-9-15/h5-13H,3-4H2,1-2H3. The number of nitrogens with zero attached hydrogens (tertiary/aromatic N) is 2. The number of likely N-dealkylation sites (N-methyl/N-ethyl adjacent to an activating group) is 1. The van der Waals surface area contributed by atoms with Crippen LogP contribution in [0.1, 0.15) is 19.4 Å². The number of carbonyl (C=O) groups is 2. The first-order chi connectivity index (χ1) is 14.0. The van der Waals surface area contributed by atoms with Gasteiger partial charge in [-0.1, -0.05) is 45.9 Å². The first-order valence-corrected chi connectivity index (χ1v) is 11.0. The average molecular weight is 471 g/mol. The van der Waals surface area contributed by atoms with Crippen LogP contribution in [0.4, 0.5) is 11.4 Å². The van der Waals surface area contributed by atoms with E-state index in [4.69, 9.17) is 9.73 Å². The lowest BCUT2D eigenvalue weighted by Crippen LogP contribution is -2.46. The Balaban J connectivity index is 1.99. The fraction of sp³-hybridized carbons (Fsp3) is 0.227. The van der Waals surface area contributed by atoms with E-state index in [1.54, 1.807) is 17.2 Å². The van der Waals surface area contributed by atoms with Crippen LogP contribution in [0.25, 0.3) is 0 Å². The van der Waals surface area contributed by atoms with Crippen LogP contribution in [0, 0.1) is 0 Å². The van der Waals surface area contributed by atoms with Crippen molar-refractivity contribution in [1.82, 2.24) is 0 Å². The number of benzene rings is 2. The van der Waals surface area contributed by atoms with Gasteiger partial charge in [-0.25, -0.2) is 9.79 Å². The highest BCUT2D eigenvalue weighted by Crippen LogP contribution is 2.54. The zero-order chi connectivity index (χ0) is 20.6. The summed E-state index contributed by atoms with van der Waals surface area (Å²) < 4.78 is 6.15. The Morgan fingerprint density at radius 3 is 2.66 bits per heavy atom. The van der Waals surface area contributed by atoms with Crippen molar-refractivity contribution in [2.75, 3.05) is 18.1 Å². The summed E-state index contributed by atoms with van der Waals surface area (Å²) >= 11 is 4.83. The second-order valence-electron chi connectivity index (χ2n) is 6.58. The summed E-state index contributed by atoms with van der Waals surface area (Å²) in [4.78, 5) is 33.2. The van der Waals surface area contributed by atoms with Crippen LogP contribution in [0.3, 0.4) is 0 Å². The van der Waals surface area contributed by atoms with E-state index in [1.165, 1.54) is 11.8 Å². The second kappa shape index (κ2) is 7.80. The molecule has 7 heteroatoms. The van der Waals surface area contributed by atoms with Crippen molar-refractivity contribution >= 4 is 56.0 Å². The highest BCUT2D eigenvalue weighted by molar-refractivity contribution is 9.10. The van der Waals surface area contributed by atoms with Crippen LogP contribution < -0.4 is 4.90 Å². The van der Waals surface area contributed by atoms with Crippen molar-refractivity contribution in [2.24, 2.45) is 4.99 Å². The van der Waals surface area contributed by atoms with Gasteiger partial charge in [0.05, 0.1) is 17.9 Å². The lowest BCUT2D eigenvalue weighted by Gasteiger charge is -2.26. The molecule has 4 rings (SSSR count). The van der Waals surface area contributed by atoms with Crippen LogP contribution >= 0.6 is 27.7 Å². The molecular formula is C22H19BrN2O3S. The summed E-state index contributed by atoms with van der Waals surface area (Å²) in [5.74, 6) is -0.664. The van der Waals surface area contributed by atoms with E-state index in [2.05, 4.69) is 15.9 Å². The lowest BCUT2D eigenvalue weighted by molar-refractivity contribution is -0.140. The van der Waals surface area contributed by atoms with Crippen LogP contribution in [-0.2, 0) is 19.7 Å². The van der Waals surface area contributed by atoms with Crippen LogP contribution in [0.5, 0.6) is 0 Å². The van der Waals surface area contributed by atoms with Gasteiger partial charge in [0.1, 0.15) is 5.04 Å². The number of thioether (sulfide) groups is 1. The van der Waals surface area contributed by atoms with Crippen LogP contribution in [0.2, 0.25) is 0 Å². The number of fused-ring (bicyclic) bond motifs is 2. The number of aliphatic imine (C=N–C) groups is 1. The summed E-state index contributed by atoms with van der Waals surface area (Å²) in [7, 11) is 0. The molecule has 0 aliphatic carbocycles. The summed E-state index contributed by atoms with van der Waals surface area (Å²) in [6.45, 7) is 4.41. The zero-order valence-electron chi connectivity index (χ0n) is 16.0. The molecule has 2 aromatic carbocycles. The molecule has 0 bridgehead atoms. The van der Waals surface area contributed by atoms with E-state index < -0.39 is 11.4 Å². The molecule has 0 aromatic heterocycles. The monoisotopic (exact) mass is 470 g/mol. The second-order valence-corrected chi connectivity index (χ2v) is 8.36. The highest BCUT2D eigenvalue weighted by Gasteiger charge is 2.61. The number of halogens is 1. The molecule has 5 nitrogen and oxygen atoms in total. The fourth-order valence-corrected chi connectivity index (χ4v) is 5.30. The third kappa shape index (κ3) is 3.04. The number of rotatable bonds is 4. The van der Waals surface area contributed by atoms with Crippen LogP contribution in [-0.4, -0.2) is 30.1 Å². The van der Waals surface area contributed by atoms with Crippen molar-refractivity contribution < 1.29 is 14.3 Å².